The fourth-order valence-corrected chi connectivity index (χ4v) is 3.20. The maximum Gasteiger partial charge on any atom is 0.235 e. The van der Waals surface area contributed by atoms with Crippen molar-refractivity contribution in [1.29, 1.82) is 0 Å². The van der Waals surface area contributed by atoms with Crippen molar-refractivity contribution in [2.75, 3.05) is 20.6 Å². The average molecular weight is 299 g/mol. The van der Waals surface area contributed by atoms with Crippen molar-refractivity contribution in [2.45, 2.75) is 39.0 Å². The van der Waals surface area contributed by atoms with Crippen LogP contribution in [0.1, 0.15) is 39.0 Å². The van der Waals surface area contributed by atoms with Crippen LogP contribution in [0, 0.1) is 11.3 Å². The van der Waals surface area contributed by atoms with Crippen LogP contribution in [0.15, 0.2) is 0 Å². The van der Waals surface area contributed by atoms with Crippen LogP contribution in [0.5, 0.6) is 0 Å². The van der Waals surface area contributed by atoms with Gasteiger partial charge in [0.05, 0.1) is 16.3 Å². The Hall–Kier alpha value is -1.17. The van der Waals surface area contributed by atoms with Gasteiger partial charge in [-0.25, -0.2) is 0 Å². The molecule has 1 saturated carbocycles. The van der Waals surface area contributed by atoms with E-state index in [0.717, 1.165) is 32.1 Å². The third kappa shape index (κ3) is 3.48. The summed E-state index contributed by atoms with van der Waals surface area (Å²) in [6.07, 6.45) is 4.51. The Morgan fingerprint density at radius 2 is 1.90 bits per heavy atom. The highest BCUT2D eigenvalue weighted by Crippen LogP contribution is 2.38. The van der Waals surface area contributed by atoms with Gasteiger partial charge in [-0.1, -0.05) is 38.4 Å². The monoisotopic (exact) mass is 299 g/mol. The SMILES string of the molecule is CNC(=O)C(C)CN(C)C(=O)C1(C(N)=S)CCCCC1. The standard InChI is InChI=1S/C14H25N3O2S/c1-10(11(18)16-2)9-17(3)13(19)14(12(15)20)7-5-4-6-8-14/h10H,4-9H2,1-3H3,(H2,15,20)(H,16,18). The van der Waals surface area contributed by atoms with E-state index in [0.29, 0.717) is 11.5 Å². The number of hydrogen-bond acceptors (Lipinski definition) is 3. The predicted molar refractivity (Wildman–Crippen MR) is 83.2 cm³/mol. The van der Waals surface area contributed by atoms with E-state index in [9.17, 15) is 9.59 Å². The molecule has 1 fully saturated rings. The van der Waals surface area contributed by atoms with Crippen molar-refractivity contribution in [2.24, 2.45) is 17.1 Å². The third-order valence-corrected chi connectivity index (χ3v) is 4.57. The van der Waals surface area contributed by atoms with E-state index in [1.165, 1.54) is 0 Å². The van der Waals surface area contributed by atoms with Crippen LogP contribution < -0.4 is 11.1 Å². The molecule has 6 heteroatoms. The molecule has 0 aromatic carbocycles. The molecule has 0 spiro atoms. The molecule has 3 N–H and O–H groups in total. The predicted octanol–water partition coefficient (Wildman–Crippen LogP) is 1.06. The molecule has 0 bridgehead atoms. The lowest BCUT2D eigenvalue weighted by Crippen LogP contribution is -2.52. The molecule has 0 aliphatic heterocycles. The minimum Gasteiger partial charge on any atom is -0.392 e. The van der Waals surface area contributed by atoms with Crippen molar-refractivity contribution in [1.82, 2.24) is 10.2 Å². The van der Waals surface area contributed by atoms with E-state index >= 15 is 0 Å². The summed E-state index contributed by atoms with van der Waals surface area (Å²) in [4.78, 5) is 26.2. The molecule has 2 amide bonds. The number of amides is 2. The van der Waals surface area contributed by atoms with Crippen LogP contribution in [-0.2, 0) is 9.59 Å². The second-order valence-electron chi connectivity index (χ2n) is 5.71. The molecule has 20 heavy (non-hydrogen) atoms. The van der Waals surface area contributed by atoms with Gasteiger partial charge in [0.2, 0.25) is 11.8 Å². The molecule has 1 aliphatic rings. The van der Waals surface area contributed by atoms with Gasteiger partial charge in [0.1, 0.15) is 0 Å². The number of thiocarbonyl (C=S) groups is 1. The van der Waals surface area contributed by atoms with Crippen LogP contribution in [0.4, 0.5) is 0 Å². The van der Waals surface area contributed by atoms with Gasteiger partial charge in [0, 0.05) is 20.6 Å². The van der Waals surface area contributed by atoms with Gasteiger partial charge in [0.15, 0.2) is 0 Å². The summed E-state index contributed by atoms with van der Waals surface area (Å²) in [5.41, 5.74) is 5.16. The Labute approximate surface area is 126 Å². The summed E-state index contributed by atoms with van der Waals surface area (Å²) in [6.45, 7) is 2.18. The Morgan fingerprint density at radius 1 is 1.35 bits per heavy atom. The lowest BCUT2D eigenvalue weighted by Gasteiger charge is -2.38. The summed E-state index contributed by atoms with van der Waals surface area (Å²) in [5.74, 6) is -0.362. The molecule has 5 nitrogen and oxygen atoms in total. The quantitative estimate of drug-likeness (QED) is 0.745. The van der Waals surface area contributed by atoms with Gasteiger partial charge in [-0.05, 0) is 12.8 Å². The second-order valence-corrected chi connectivity index (χ2v) is 6.15. The van der Waals surface area contributed by atoms with E-state index < -0.39 is 5.41 Å². The van der Waals surface area contributed by atoms with Gasteiger partial charge >= 0.3 is 0 Å². The largest absolute Gasteiger partial charge is 0.392 e. The van der Waals surface area contributed by atoms with Gasteiger partial charge < -0.3 is 16.0 Å². The minimum atomic E-state index is -0.704. The molecule has 1 aliphatic carbocycles. The number of nitrogens with two attached hydrogens (primary N) is 1. The van der Waals surface area contributed by atoms with Gasteiger partial charge in [-0.2, -0.15) is 0 Å². The maximum absolute atomic E-state index is 12.7. The topological polar surface area (TPSA) is 75.4 Å². The Kier molecular flexibility index (Phi) is 5.92. The van der Waals surface area contributed by atoms with Gasteiger partial charge in [0.25, 0.3) is 0 Å². The summed E-state index contributed by atoms with van der Waals surface area (Å²) in [6, 6.07) is 0. The summed E-state index contributed by atoms with van der Waals surface area (Å²) < 4.78 is 0. The first-order chi connectivity index (χ1) is 9.35. The molecule has 0 heterocycles. The molecule has 114 valence electrons. The highest BCUT2D eigenvalue weighted by molar-refractivity contribution is 7.80. The van der Waals surface area contributed by atoms with Crippen LogP contribution in [0.2, 0.25) is 0 Å². The normalized spacial score (nSPS) is 18.9. The highest BCUT2D eigenvalue weighted by Gasteiger charge is 2.44. The van der Waals surface area contributed by atoms with Gasteiger partial charge in [-0.3, -0.25) is 9.59 Å². The first kappa shape index (κ1) is 16.9. The van der Waals surface area contributed by atoms with Gasteiger partial charge in [-0.15, -0.1) is 0 Å². The van der Waals surface area contributed by atoms with E-state index in [1.54, 1.807) is 25.9 Å². The fraction of sp³-hybridized carbons (Fsp3) is 0.786. The maximum atomic E-state index is 12.7. The fourth-order valence-electron chi connectivity index (χ4n) is 2.91. The first-order valence-corrected chi connectivity index (χ1v) is 7.53. The van der Waals surface area contributed by atoms with Crippen molar-refractivity contribution < 1.29 is 9.59 Å². The minimum absolute atomic E-state index is 0.0412. The van der Waals surface area contributed by atoms with E-state index in [-0.39, 0.29) is 17.7 Å². The summed E-state index contributed by atoms with van der Waals surface area (Å²) >= 11 is 5.16. The Balaban J connectivity index is 2.79. The van der Waals surface area contributed by atoms with Crippen LogP contribution in [0.3, 0.4) is 0 Å². The summed E-state index contributed by atoms with van der Waals surface area (Å²) in [5, 5.41) is 2.59. The molecule has 0 aromatic rings. The molecule has 1 unspecified atom stereocenters. The lowest BCUT2D eigenvalue weighted by molar-refractivity contribution is -0.139. The zero-order valence-electron chi connectivity index (χ0n) is 12.6. The second kappa shape index (κ2) is 7.02. The van der Waals surface area contributed by atoms with E-state index in [4.69, 9.17) is 18.0 Å². The first-order valence-electron chi connectivity index (χ1n) is 7.12. The molecule has 0 radical (unpaired) electrons. The van der Waals surface area contributed by atoms with Crippen molar-refractivity contribution in [3.8, 4) is 0 Å². The Bertz CT molecular complexity index is 392. The number of nitrogens with one attached hydrogen (secondary N) is 1. The number of rotatable bonds is 5. The van der Waals surface area contributed by atoms with Crippen LogP contribution in [0.25, 0.3) is 0 Å². The number of carbonyl (C=O) groups is 2. The molecular formula is C14H25N3O2S. The number of hydrogen-bond donors (Lipinski definition) is 2. The molecule has 0 saturated heterocycles. The molecular weight excluding hydrogens is 274 g/mol. The number of carbonyl (C=O) groups excluding carboxylic acids is 2. The summed E-state index contributed by atoms with van der Waals surface area (Å²) in [7, 11) is 3.31. The van der Waals surface area contributed by atoms with Crippen LogP contribution >= 0.6 is 12.2 Å². The van der Waals surface area contributed by atoms with Crippen molar-refractivity contribution in [3.05, 3.63) is 0 Å². The average Bonchev–Trinajstić information content (AvgIpc) is 2.45. The highest BCUT2D eigenvalue weighted by atomic mass is 32.1. The molecule has 1 atom stereocenters. The third-order valence-electron chi connectivity index (χ3n) is 4.18. The lowest BCUT2D eigenvalue weighted by atomic mass is 9.73. The van der Waals surface area contributed by atoms with Crippen molar-refractivity contribution >= 4 is 29.0 Å². The van der Waals surface area contributed by atoms with E-state index in [1.807, 2.05) is 0 Å². The zero-order chi connectivity index (χ0) is 15.3. The number of nitrogens with zero attached hydrogens (tertiary/aromatic N) is 1. The molecule has 0 aromatic heterocycles. The molecule has 1 rings (SSSR count). The van der Waals surface area contributed by atoms with E-state index in [2.05, 4.69) is 5.32 Å². The van der Waals surface area contributed by atoms with Crippen LogP contribution in [-0.4, -0.2) is 42.3 Å². The Morgan fingerprint density at radius 3 is 2.35 bits per heavy atom. The van der Waals surface area contributed by atoms with Crippen molar-refractivity contribution in [3.63, 3.8) is 0 Å². The smallest absolute Gasteiger partial charge is 0.235 e. The zero-order valence-corrected chi connectivity index (χ0v) is 13.4.